The molecule has 4 heteroatoms. The lowest BCUT2D eigenvalue weighted by molar-refractivity contribution is 0.194. The lowest BCUT2D eigenvalue weighted by Crippen LogP contribution is -2.22. The zero-order chi connectivity index (χ0) is 16.8. The average molecular weight is 320 g/mol. The Bertz CT molecular complexity index is 823. The number of carboxylic acid groups (broad SMARTS) is 1. The summed E-state index contributed by atoms with van der Waals surface area (Å²) in [6.45, 7) is 0.483. The van der Waals surface area contributed by atoms with Gasteiger partial charge < -0.3 is 10.4 Å². The Kier molecular flexibility index (Phi) is 5.06. The van der Waals surface area contributed by atoms with Crippen LogP contribution in [0, 0.1) is 0 Å². The Morgan fingerprint density at radius 1 is 1.00 bits per heavy atom. The summed E-state index contributed by atoms with van der Waals surface area (Å²) in [7, 11) is 0. The standard InChI is InChI=1S/C20H20N2O2/c23-20(24)22-12-3-4-15-7-9-16(10-8-15)14-19-18-6-2-1-5-17(18)11-13-21-19/h1-2,5-11,13,22H,3-4,12,14H2,(H,23,24). The molecule has 0 aliphatic carbocycles. The van der Waals surface area contributed by atoms with E-state index in [2.05, 4.69) is 46.7 Å². The van der Waals surface area contributed by atoms with E-state index in [9.17, 15) is 4.79 Å². The molecule has 1 aromatic heterocycles. The number of aromatic nitrogens is 1. The first-order chi connectivity index (χ1) is 11.7. The molecule has 0 fully saturated rings. The molecular weight excluding hydrogens is 300 g/mol. The maximum atomic E-state index is 10.4. The van der Waals surface area contributed by atoms with Crippen molar-refractivity contribution in [3.8, 4) is 0 Å². The maximum Gasteiger partial charge on any atom is 0.404 e. The minimum absolute atomic E-state index is 0.483. The molecule has 0 saturated heterocycles. The van der Waals surface area contributed by atoms with Crippen molar-refractivity contribution in [2.75, 3.05) is 6.54 Å². The second-order valence-corrected chi connectivity index (χ2v) is 5.81. The van der Waals surface area contributed by atoms with Gasteiger partial charge in [0.25, 0.3) is 0 Å². The van der Waals surface area contributed by atoms with Crippen LogP contribution in [0.15, 0.2) is 60.8 Å². The molecule has 2 N–H and O–H groups in total. The van der Waals surface area contributed by atoms with E-state index in [0.29, 0.717) is 6.54 Å². The number of fused-ring (bicyclic) bond motifs is 1. The normalized spacial score (nSPS) is 10.7. The zero-order valence-electron chi connectivity index (χ0n) is 13.4. The first-order valence-electron chi connectivity index (χ1n) is 8.09. The zero-order valence-corrected chi connectivity index (χ0v) is 13.4. The van der Waals surface area contributed by atoms with Crippen LogP contribution >= 0.6 is 0 Å². The number of aryl methyl sites for hydroxylation is 1. The lowest BCUT2D eigenvalue weighted by atomic mass is 10.0. The molecule has 0 bridgehead atoms. The van der Waals surface area contributed by atoms with Crippen molar-refractivity contribution in [1.29, 1.82) is 0 Å². The van der Waals surface area contributed by atoms with Crippen LogP contribution in [0.1, 0.15) is 23.2 Å². The van der Waals surface area contributed by atoms with Crippen molar-refractivity contribution in [1.82, 2.24) is 10.3 Å². The van der Waals surface area contributed by atoms with Crippen LogP contribution in [-0.2, 0) is 12.8 Å². The van der Waals surface area contributed by atoms with Gasteiger partial charge in [-0.15, -0.1) is 0 Å². The van der Waals surface area contributed by atoms with Gasteiger partial charge in [-0.3, -0.25) is 4.98 Å². The van der Waals surface area contributed by atoms with E-state index < -0.39 is 6.09 Å². The Labute approximate surface area is 141 Å². The minimum Gasteiger partial charge on any atom is -0.465 e. The number of hydrogen-bond acceptors (Lipinski definition) is 2. The van der Waals surface area contributed by atoms with Gasteiger partial charge in [-0.25, -0.2) is 4.79 Å². The van der Waals surface area contributed by atoms with Gasteiger partial charge in [-0.2, -0.15) is 0 Å². The predicted octanol–water partition coefficient (Wildman–Crippen LogP) is 4.03. The Morgan fingerprint density at radius 2 is 1.75 bits per heavy atom. The van der Waals surface area contributed by atoms with E-state index in [-0.39, 0.29) is 0 Å². The van der Waals surface area contributed by atoms with Gasteiger partial charge in [0.05, 0.1) is 5.69 Å². The molecule has 0 spiro atoms. The third kappa shape index (κ3) is 4.10. The highest BCUT2D eigenvalue weighted by Crippen LogP contribution is 2.19. The average Bonchev–Trinajstić information content (AvgIpc) is 2.60. The molecule has 24 heavy (non-hydrogen) atoms. The number of benzene rings is 2. The molecule has 1 heterocycles. The van der Waals surface area contributed by atoms with Crippen molar-refractivity contribution < 1.29 is 9.90 Å². The fourth-order valence-corrected chi connectivity index (χ4v) is 2.83. The molecular formula is C20H20N2O2. The summed E-state index contributed by atoms with van der Waals surface area (Å²) in [5.74, 6) is 0. The van der Waals surface area contributed by atoms with Crippen molar-refractivity contribution in [2.24, 2.45) is 0 Å². The SMILES string of the molecule is O=C(O)NCCCc1ccc(Cc2nccc3ccccc23)cc1. The van der Waals surface area contributed by atoms with Gasteiger partial charge >= 0.3 is 6.09 Å². The molecule has 1 amide bonds. The molecule has 0 saturated carbocycles. The first-order valence-corrected chi connectivity index (χ1v) is 8.09. The van der Waals surface area contributed by atoms with Crippen molar-refractivity contribution in [2.45, 2.75) is 19.3 Å². The van der Waals surface area contributed by atoms with Gasteiger partial charge in [0.2, 0.25) is 0 Å². The van der Waals surface area contributed by atoms with E-state index in [0.717, 1.165) is 25.0 Å². The molecule has 0 aliphatic rings. The second-order valence-electron chi connectivity index (χ2n) is 5.81. The molecule has 0 radical (unpaired) electrons. The number of nitrogens with one attached hydrogen (secondary N) is 1. The number of rotatable bonds is 6. The van der Waals surface area contributed by atoms with E-state index in [4.69, 9.17) is 5.11 Å². The van der Waals surface area contributed by atoms with Gasteiger partial charge in [0.1, 0.15) is 0 Å². The Morgan fingerprint density at radius 3 is 2.54 bits per heavy atom. The quantitative estimate of drug-likeness (QED) is 0.674. The maximum absolute atomic E-state index is 10.4. The summed E-state index contributed by atoms with van der Waals surface area (Å²) in [6, 6.07) is 18.8. The highest BCUT2D eigenvalue weighted by Gasteiger charge is 2.04. The van der Waals surface area contributed by atoms with Crippen molar-refractivity contribution in [3.63, 3.8) is 0 Å². The highest BCUT2D eigenvalue weighted by molar-refractivity contribution is 5.84. The molecule has 0 atom stereocenters. The molecule has 122 valence electrons. The van der Waals surface area contributed by atoms with Crippen LogP contribution in [0.2, 0.25) is 0 Å². The van der Waals surface area contributed by atoms with E-state index in [1.54, 1.807) is 0 Å². The van der Waals surface area contributed by atoms with Gasteiger partial charge in [-0.05, 0) is 35.4 Å². The number of carbonyl (C=O) groups is 1. The Balaban J connectivity index is 1.64. The molecule has 0 aliphatic heterocycles. The molecule has 3 aromatic rings. The van der Waals surface area contributed by atoms with E-state index in [1.807, 2.05) is 24.4 Å². The molecule has 3 rings (SSSR count). The van der Waals surface area contributed by atoms with Gasteiger partial charge in [0, 0.05) is 24.5 Å². The number of pyridine rings is 1. The summed E-state index contributed by atoms with van der Waals surface area (Å²) in [5, 5.41) is 13.3. The first kappa shape index (κ1) is 16.0. The molecule has 0 unspecified atom stereocenters. The van der Waals surface area contributed by atoms with Crippen LogP contribution in [0.4, 0.5) is 4.79 Å². The fourth-order valence-electron chi connectivity index (χ4n) is 2.83. The summed E-state index contributed by atoms with van der Waals surface area (Å²) in [5.41, 5.74) is 3.54. The lowest BCUT2D eigenvalue weighted by Gasteiger charge is -2.07. The van der Waals surface area contributed by atoms with Crippen molar-refractivity contribution in [3.05, 3.63) is 77.6 Å². The smallest absolute Gasteiger partial charge is 0.404 e. The molecule has 2 aromatic carbocycles. The van der Waals surface area contributed by atoms with Crippen LogP contribution in [-0.4, -0.2) is 22.7 Å². The number of amides is 1. The minimum atomic E-state index is -0.965. The summed E-state index contributed by atoms with van der Waals surface area (Å²) >= 11 is 0. The molecule has 4 nitrogen and oxygen atoms in total. The predicted molar refractivity (Wildman–Crippen MR) is 95.3 cm³/mol. The summed E-state index contributed by atoms with van der Waals surface area (Å²) in [6.07, 6.45) is 3.38. The van der Waals surface area contributed by atoms with Crippen LogP contribution in [0.5, 0.6) is 0 Å². The van der Waals surface area contributed by atoms with Crippen molar-refractivity contribution >= 4 is 16.9 Å². The fraction of sp³-hybridized carbons (Fsp3) is 0.200. The monoisotopic (exact) mass is 320 g/mol. The third-order valence-corrected chi connectivity index (χ3v) is 4.07. The Hall–Kier alpha value is -2.88. The second kappa shape index (κ2) is 7.59. The van der Waals surface area contributed by atoms with Gasteiger partial charge in [0.15, 0.2) is 0 Å². The van der Waals surface area contributed by atoms with E-state index >= 15 is 0 Å². The largest absolute Gasteiger partial charge is 0.465 e. The van der Waals surface area contributed by atoms with Crippen LogP contribution in [0.3, 0.4) is 0 Å². The third-order valence-electron chi connectivity index (χ3n) is 4.07. The summed E-state index contributed by atoms with van der Waals surface area (Å²) in [4.78, 5) is 14.9. The van der Waals surface area contributed by atoms with Gasteiger partial charge in [-0.1, -0.05) is 48.5 Å². The van der Waals surface area contributed by atoms with E-state index in [1.165, 1.54) is 21.9 Å². The topological polar surface area (TPSA) is 62.2 Å². The summed E-state index contributed by atoms with van der Waals surface area (Å²) < 4.78 is 0. The van der Waals surface area contributed by atoms with Crippen LogP contribution in [0.25, 0.3) is 10.8 Å². The highest BCUT2D eigenvalue weighted by atomic mass is 16.4. The number of hydrogen-bond donors (Lipinski definition) is 2. The van der Waals surface area contributed by atoms with Crippen LogP contribution < -0.4 is 5.32 Å². The number of nitrogens with zero attached hydrogens (tertiary/aromatic N) is 1.